The van der Waals surface area contributed by atoms with Gasteiger partial charge in [0.25, 0.3) is 0 Å². The van der Waals surface area contributed by atoms with Crippen molar-refractivity contribution in [3.8, 4) is 0 Å². The highest BCUT2D eigenvalue weighted by Crippen LogP contribution is 2.31. The SMILES string of the molecule is O=C(Nc1ccc2nc(NC(=O)C3CCCCC3)sc2c1)C1CCCCCCC1. The Kier molecular flexibility index (Phi) is 6.80. The van der Waals surface area contributed by atoms with Gasteiger partial charge in [-0.15, -0.1) is 0 Å². The van der Waals surface area contributed by atoms with Crippen molar-refractivity contribution in [3.63, 3.8) is 0 Å². The molecule has 2 aromatic rings. The predicted octanol–water partition coefficient (Wildman–Crippen LogP) is 6.11. The number of carbonyl (C=O) groups is 2. The van der Waals surface area contributed by atoms with Gasteiger partial charge in [0.2, 0.25) is 11.8 Å². The van der Waals surface area contributed by atoms with E-state index in [-0.39, 0.29) is 23.7 Å². The molecule has 2 fully saturated rings. The van der Waals surface area contributed by atoms with Gasteiger partial charge in [-0.25, -0.2) is 4.98 Å². The number of rotatable bonds is 4. The summed E-state index contributed by atoms with van der Waals surface area (Å²) in [6.07, 6.45) is 13.5. The minimum absolute atomic E-state index is 0.0987. The van der Waals surface area contributed by atoms with Gasteiger partial charge in [0, 0.05) is 17.5 Å². The quantitative estimate of drug-likeness (QED) is 0.635. The molecule has 0 aliphatic heterocycles. The van der Waals surface area contributed by atoms with Crippen LogP contribution in [-0.4, -0.2) is 16.8 Å². The Bertz CT molecular complexity index is 849. The predicted molar refractivity (Wildman–Crippen MR) is 119 cm³/mol. The third-order valence-electron chi connectivity index (χ3n) is 6.34. The Morgan fingerprint density at radius 1 is 0.793 bits per heavy atom. The first-order valence-corrected chi connectivity index (χ1v) is 12.0. The van der Waals surface area contributed by atoms with Gasteiger partial charge in [-0.2, -0.15) is 0 Å². The number of nitrogens with one attached hydrogen (secondary N) is 2. The number of benzene rings is 1. The summed E-state index contributed by atoms with van der Waals surface area (Å²) >= 11 is 1.48. The third kappa shape index (κ3) is 5.35. The Balaban J connectivity index is 1.39. The minimum atomic E-state index is 0.0987. The number of carbonyl (C=O) groups excluding carboxylic acids is 2. The van der Waals surface area contributed by atoms with Gasteiger partial charge < -0.3 is 10.6 Å². The van der Waals surface area contributed by atoms with E-state index < -0.39 is 0 Å². The summed E-state index contributed by atoms with van der Waals surface area (Å²) in [5, 5.41) is 6.77. The van der Waals surface area contributed by atoms with Crippen LogP contribution in [0.3, 0.4) is 0 Å². The van der Waals surface area contributed by atoms with Crippen molar-refractivity contribution in [1.82, 2.24) is 4.98 Å². The van der Waals surface area contributed by atoms with Crippen LogP contribution in [0.1, 0.15) is 77.0 Å². The normalized spacial score (nSPS) is 19.4. The molecule has 156 valence electrons. The van der Waals surface area contributed by atoms with Crippen LogP contribution < -0.4 is 10.6 Å². The van der Waals surface area contributed by atoms with Crippen LogP contribution in [0.2, 0.25) is 0 Å². The second kappa shape index (κ2) is 9.70. The number of nitrogens with zero attached hydrogens (tertiary/aromatic N) is 1. The number of thiazole rings is 1. The van der Waals surface area contributed by atoms with Gasteiger partial charge in [-0.05, 0) is 43.9 Å². The summed E-state index contributed by atoms with van der Waals surface area (Å²) in [5.41, 5.74) is 1.68. The van der Waals surface area contributed by atoms with Crippen molar-refractivity contribution in [1.29, 1.82) is 0 Å². The lowest BCUT2D eigenvalue weighted by atomic mass is 9.89. The number of hydrogen-bond acceptors (Lipinski definition) is 4. The van der Waals surface area contributed by atoms with Crippen LogP contribution in [0, 0.1) is 11.8 Å². The van der Waals surface area contributed by atoms with Crippen molar-refractivity contribution in [2.45, 2.75) is 77.0 Å². The molecule has 29 heavy (non-hydrogen) atoms. The van der Waals surface area contributed by atoms with E-state index in [2.05, 4.69) is 15.6 Å². The number of hydrogen-bond donors (Lipinski definition) is 2. The van der Waals surface area contributed by atoms with Gasteiger partial charge in [-0.1, -0.05) is 62.7 Å². The molecule has 4 rings (SSSR count). The van der Waals surface area contributed by atoms with E-state index in [9.17, 15) is 9.59 Å². The van der Waals surface area contributed by atoms with E-state index in [0.29, 0.717) is 5.13 Å². The summed E-state index contributed by atoms with van der Waals surface area (Å²) in [7, 11) is 0. The van der Waals surface area contributed by atoms with Gasteiger partial charge in [0.1, 0.15) is 0 Å². The van der Waals surface area contributed by atoms with Gasteiger partial charge in [0.05, 0.1) is 10.2 Å². The first kappa shape index (κ1) is 20.3. The molecule has 1 aromatic carbocycles. The van der Waals surface area contributed by atoms with Crippen molar-refractivity contribution in [2.24, 2.45) is 11.8 Å². The zero-order valence-corrected chi connectivity index (χ0v) is 17.9. The van der Waals surface area contributed by atoms with E-state index >= 15 is 0 Å². The zero-order chi connectivity index (χ0) is 20.1. The molecule has 2 amide bonds. The summed E-state index contributed by atoms with van der Waals surface area (Å²) in [4.78, 5) is 29.8. The number of anilines is 2. The summed E-state index contributed by atoms with van der Waals surface area (Å²) in [5.74, 6) is 0.482. The van der Waals surface area contributed by atoms with Gasteiger partial charge in [0.15, 0.2) is 5.13 Å². The average Bonchev–Trinajstić information content (AvgIpc) is 3.09. The smallest absolute Gasteiger partial charge is 0.229 e. The van der Waals surface area contributed by atoms with Crippen molar-refractivity contribution >= 4 is 44.2 Å². The zero-order valence-electron chi connectivity index (χ0n) is 17.0. The second-order valence-corrected chi connectivity index (χ2v) is 9.59. The molecule has 5 nitrogen and oxygen atoms in total. The van der Waals surface area contributed by atoms with Crippen LogP contribution in [0.15, 0.2) is 18.2 Å². The Morgan fingerprint density at radius 2 is 1.34 bits per heavy atom. The van der Waals surface area contributed by atoms with Gasteiger partial charge >= 0.3 is 0 Å². The topological polar surface area (TPSA) is 71.1 Å². The number of aromatic nitrogens is 1. The molecule has 6 heteroatoms. The molecule has 1 heterocycles. The molecular weight excluding hydrogens is 382 g/mol. The maximum absolute atomic E-state index is 12.7. The molecule has 2 N–H and O–H groups in total. The molecule has 1 aromatic heterocycles. The summed E-state index contributed by atoms with van der Waals surface area (Å²) < 4.78 is 0.986. The number of amides is 2. The Labute approximate surface area is 176 Å². The standard InChI is InChI=1S/C23H31N3O2S/c27-21(16-9-5-2-1-3-6-10-16)24-18-13-14-19-20(15-18)29-23(25-19)26-22(28)17-11-7-4-8-12-17/h13-17H,1-12H2,(H,24,27)(H,25,26,28). The molecule has 0 bridgehead atoms. The highest BCUT2D eigenvalue weighted by atomic mass is 32.1. The van der Waals surface area contributed by atoms with Crippen molar-refractivity contribution < 1.29 is 9.59 Å². The summed E-state index contributed by atoms with van der Waals surface area (Å²) in [6, 6.07) is 5.82. The highest BCUT2D eigenvalue weighted by Gasteiger charge is 2.22. The van der Waals surface area contributed by atoms with Crippen LogP contribution in [-0.2, 0) is 9.59 Å². The van der Waals surface area contributed by atoms with Crippen LogP contribution in [0.5, 0.6) is 0 Å². The van der Waals surface area contributed by atoms with E-state index in [1.165, 1.54) is 37.0 Å². The molecule has 0 atom stereocenters. The van der Waals surface area contributed by atoms with Crippen LogP contribution in [0.25, 0.3) is 10.2 Å². The molecule has 2 aliphatic carbocycles. The lowest BCUT2D eigenvalue weighted by Gasteiger charge is -2.19. The van der Waals surface area contributed by atoms with Crippen LogP contribution >= 0.6 is 11.3 Å². The Morgan fingerprint density at radius 3 is 2.00 bits per heavy atom. The van der Waals surface area contributed by atoms with Crippen molar-refractivity contribution in [2.75, 3.05) is 10.6 Å². The highest BCUT2D eigenvalue weighted by molar-refractivity contribution is 7.22. The first-order chi connectivity index (χ1) is 14.2. The third-order valence-corrected chi connectivity index (χ3v) is 7.27. The average molecular weight is 414 g/mol. The van der Waals surface area contributed by atoms with E-state index in [0.717, 1.165) is 67.3 Å². The maximum atomic E-state index is 12.7. The van der Waals surface area contributed by atoms with E-state index in [1.807, 2.05) is 18.2 Å². The minimum Gasteiger partial charge on any atom is -0.326 e. The number of fused-ring (bicyclic) bond motifs is 1. The first-order valence-electron chi connectivity index (χ1n) is 11.2. The largest absolute Gasteiger partial charge is 0.326 e. The monoisotopic (exact) mass is 413 g/mol. The molecule has 0 spiro atoms. The molecule has 2 aliphatic rings. The molecule has 0 radical (unpaired) electrons. The van der Waals surface area contributed by atoms with Gasteiger partial charge in [-0.3, -0.25) is 9.59 Å². The Hall–Kier alpha value is -1.95. The lowest BCUT2D eigenvalue weighted by molar-refractivity contribution is -0.121. The second-order valence-electron chi connectivity index (χ2n) is 8.56. The maximum Gasteiger partial charge on any atom is 0.229 e. The fourth-order valence-corrected chi connectivity index (χ4v) is 5.50. The molecular formula is C23H31N3O2S. The fraction of sp³-hybridized carbons (Fsp3) is 0.609. The molecule has 0 unspecified atom stereocenters. The van der Waals surface area contributed by atoms with Crippen LogP contribution in [0.4, 0.5) is 10.8 Å². The van der Waals surface area contributed by atoms with E-state index in [4.69, 9.17) is 0 Å². The summed E-state index contributed by atoms with van der Waals surface area (Å²) in [6.45, 7) is 0. The fourth-order valence-electron chi connectivity index (χ4n) is 4.59. The molecule has 0 saturated heterocycles. The lowest BCUT2D eigenvalue weighted by Crippen LogP contribution is -2.24. The van der Waals surface area contributed by atoms with E-state index in [1.54, 1.807) is 0 Å². The van der Waals surface area contributed by atoms with Crippen molar-refractivity contribution in [3.05, 3.63) is 18.2 Å². The molecule has 2 saturated carbocycles.